The molecule has 18 heavy (non-hydrogen) atoms. The van der Waals surface area contributed by atoms with Gasteiger partial charge in [-0.2, -0.15) is 0 Å². The Morgan fingerprint density at radius 1 is 1.17 bits per heavy atom. The van der Waals surface area contributed by atoms with Crippen LogP contribution in [0, 0.1) is 12.8 Å². The minimum Gasteiger partial charge on any atom is -0.380 e. The number of hydrogen-bond acceptors (Lipinski definition) is 1. The van der Waals surface area contributed by atoms with Crippen LogP contribution in [0.15, 0.2) is 24.3 Å². The third kappa shape index (κ3) is 3.58. The van der Waals surface area contributed by atoms with Crippen LogP contribution in [0.2, 0.25) is 0 Å². The second kappa shape index (κ2) is 6.53. The lowest BCUT2D eigenvalue weighted by atomic mass is 9.85. The predicted octanol–water partition coefficient (Wildman–Crippen LogP) is 4.45. The molecule has 1 aromatic carbocycles. The van der Waals surface area contributed by atoms with Gasteiger partial charge in [0.1, 0.15) is 0 Å². The van der Waals surface area contributed by atoms with Crippen LogP contribution in [-0.2, 0) is 10.2 Å². The molecule has 1 fully saturated rings. The number of aryl methyl sites for hydroxylation is 1. The van der Waals surface area contributed by atoms with Gasteiger partial charge in [-0.3, -0.25) is 0 Å². The Balaban J connectivity index is 2.05. The van der Waals surface area contributed by atoms with Gasteiger partial charge in [0.2, 0.25) is 0 Å². The quantitative estimate of drug-likeness (QED) is 0.639. The molecule has 1 aliphatic rings. The first-order valence-electron chi connectivity index (χ1n) is 6.47. The number of benzene rings is 1. The summed E-state index contributed by atoms with van der Waals surface area (Å²) in [5, 5.41) is 1.83. The lowest BCUT2D eigenvalue weighted by Crippen LogP contribution is -2.36. The summed E-state index contributed by atoms with van der Waals surface area (Å²) >= 11 is 7.32. The van der Waals surface area contributed by atoms with Gasteiger partial charge in [0.25, 0.3) is 0 Å². The van der Waals surface area contributed by atoms with Crippen LogP contribution in [0.25, 0.3) is 0 Å². The number of hydrogen-bond donors (Lipinski definition) is 0. The largest absolute Gasteiger partial charge is 0.380 e. The second-order valence-corrected chi connectivity index (χ2v) is 6.49. The molecule has 0 heterocycles. The van der Waals surface area contributed by atoms with E-state index in [1.165, 1.54) is 24.0 Å². The third-order valence-electron chi connectivity index (χ3n) is 3.60. The Morgan fingerprint density at radius 3 is 2.28 bits per heavy atom. The summed E-state index contributed by atoms with van der Waals surface area (Å²) < 4.78 is 5.93. The van der Waals surface area contributed by atoms with Crippen molar-refractivity contribution in [1.29, 1.82) is 0 Å². The molecule has 0 radical (unpaired) electrons. The summed E-state index contributed by atoms with van der Waals surface area (Å²) in [6.07, 6.45) is 2.69. The molecular formula is C15H20Br2O. The van der Waals surface area contributed by atoms with E-state index in [4.69, 9.17) is 4.74 Å². The maximum absolute atomic E-state index is 5.93. The van der Waals surface area contributed by atoms with Crippen molar-refractivity contribution in [2.45, 2.75) is 25.2 Å². The van der Waals surface area contributed by atoms with Gasteiger partial charge in [-0.25, -0.2) is 0 Å². The zero-order valence-corrected chi connectivity index (χ0v) is 14.0. The van der Waals surface area contributed by atoms with Gasteiger partial charge in [0.15, 0.2) is 0 Å². The molecule has 1 aliphatic carbocycles. The molecule has 1 aromatic rings. The van der Waals surface area contributed by atoms with Crippen molar-refractivity contribution in [1.82, 2.24) is 0 Å². The second-order valence-electron chi connectivity index (χ2n) is 5.37. The lowest BCUT2D eigenvalue weighted by Gasteiger charge is -2.30. The zero-order chi connectivity index (χ0) is 13.0. The molecule has 1 nitrogen and oxygen atoms in total. The van der Waals surface area contributed by atoms with Gasteiger partial charge in [0, 0.05) is 22.7 Å². The van der Waals surface area contributed by atoms with Crippen LogP contribution in [0.1, 0.15) is 24.0 Å². The van der Waals surface area contributed by atoms with Crippen LogP contribution in [0.5, 0.6) is 0 Å². The number of ether oxygens (including phenoxy) is 1. The summed E-state index contributed by atoms with van der Waals surface area (Å²) in [5.41, 5.74) is 2.69. The Kier molecular flexibility index (Phi) is 5.28. The van der Waals surface area contributed by atoms with Crippen molar-refractivity contribution in [2.24, 2.45) is 5.92 Å². The smallest absolute Gasteiger partial charge is 0.0579 e. The van der Waals surface area contributed by atoms with Gasteiger partial charge < -0.3 is 4.74 Å². The van der Waals surface area contributed by atoms with E-state index in [0.717, 1.165) is 29.8 Å². The van der Waals surface area contributed by atoms with E-state index >= 15 is 0 Å². The summed E-state index contributed by atoms with van der Waals surface area (Å²) in [6.45, 7) is 3.83. The molecule has 100 valence electrons. The Bertz CT molecular complexity index is 367. The molecular weight excluding hydrogens is 356 g/mol. The SMILES string of the molecule is Cc1ccc(C(CBr)(CBr)COCC2CC2)cc1. The highest BCUT2D eigenvalue weighted by atomic mass is 79.9. The van der Waals surface area contributed by atoms with E-state index in [2.05, 4.69) is 63.0 Å². The number of alkyl halides is 2. The molecule has 0 bridgehead atoms. The van der Waals surface area contributed by atoms with Crippen molar-refractivity contribution in [3.8, 4) is 0 Å². The fourth-order valence-electron chi connectivity index (χ4n) is 1.96. The van der Waals surface area contributed by atoms with Crippen molar-refractivity contribution in [2.75, 3.05) is 23.9 Å². The third-order valence-corrected chi connectivity index (χ3v) is 5.75. The Hall–Kier alpha value is 0.140. The summed E-state index contributed by atoms with van der Waals surface area (Å²) in [5.74, 6) is 0.825. The van der Waals surface area contributed by atoms with Gasteiger partial charge >= 0.3 is 0 Å². The molecule has 0 aromatic heterocycles. The highest BCUT2D eigenvalue weighted by molar-refractivity contribution is 9.09. The molecule has 2 rings (SSSR count). The monoisotopic (exact) mass is 374 g/mol. The topological polar surface area (TPSA) is 9.23 Å². The summed E-state index contributed by atoms with van der Waals surface area (Å²) in [6, 6.07) is 8.79. The zero-order valence-electron chi connectivity index (χ0n) is 10.8. The van der Waals surface area contributed by atoms with Gasteiger partial charge in [-0.05, 0) is 31.2 Å². The number of halogens is 2. The lowest BCUT2D eigenvalue weighted by molar-refractivity contribution is 0.0904. The molecule has 0 spiro atoms. The molecule has 0 atom stereocenters. The van der Waals surface area contributed by atoms with Gasteiger partial charge in [-0.15, -0.1) is 0 Å². The van der Waals surface area contributed by atoms with Crippen molar-refractivity contribution >= 4 is 31.9 Å². The normalized spacial score (nSPS) is 15.9. The Labute approximate surface area is 127 Å². The highest BCUT2D eigenvalue weighted by Crippen LogP contribution is 2.32. The first-order chi connectivity index (χ1) is 8.70. The van der Waals surface area contributed by atoms with E-state index in [0.29, 0.717) is 0 Å². The highest BCUT2D eigenvalue weighted by Gasteiger charge is 2.31. The van der Waals surface area contributed by atoms with Crippen molar-refractivity contribution in [3.63, 3.8) is 0 Å². The van der Waals surface area contributed by atoms with E-state index in [1.807, 2.05) is 0 Å². The minimum atomic E-state index is 0.0442. The van der Waals surface area contributed by atoms with Crippen molar-refractivity contribution < 1.29 is 4.74 Å². The average Bonchev–Trinajstić information content (AvgIpc) is 3.20. The molecule has 0 aliphatic heterocycles. The molecule has 0 N–H and O–H groups in total. The van der Waals surface area contributed by atoms with Crippen molar-refractivity contribution in [3.05, 3.63) is 35.4 Å². The maximum Gasteiger partial charge on any atom is 0.0579 e. The van der Waals surface area contributed by atoms with E-state index in [-0.39, 0.29) is 5.41 Å². The van der Waals surface area contributed by atoms with E-state index in [9.17, 15) is 0 Å². The van der Waals surface area contributed by atoms with E-state index in [1.54, 1.807) is 0 Å². The standard InChI is InChI=1S/C15H20Br2O/c1-12-2-6-14(7-3-12)15(9-16,10-17)11-18-8-13-4-5-13/h2-3,6-7,13H,4-5,8-11H2,1H3. The van der Waals surface area contributed by atoms with Gasteiger partial charge in [0.05, 0.1) is 6.61 Å². The number of rotatable bonds is 7. The Morgan fingerprint density at radius 2 is 1.78 bits per heavy atom. The predicted molar refractivity (Wildman–Crippen MR) is 84.0 cm³/mol. The molecule has 3 heteroatoms. The molecule has 0 saturated heterocycles. The maximum atomic E-state index is 5.93. The first kappa shape index (κ1) is 14.5. The van der Waals surface area contributed by atoms with Crippen LogP contribution < -0.4 is 0 Å². The summed E-state index contributed by atoms with van der Waals surface area (Å²) in [4.78, 5) is 0. The minimum absolute atomic E-state index is 0.0442. The summed E-state index contributed by atoms with van der Waals surface area (Å²) in [7, 11) is 0. The van der Waals surface area contributed by atoms with Crippen LogP contribution in [-0.4, -0.2) is 23.9 Å². The molecule has 0 unspecified atom stereocenters. The fourth-order valence-corrected chi connectivity index (χ4v) is 3.86. The molecule has 0 amide bonds. The van der Waals surface area contributed by atoms with Crippen LogP contribution in [0.3, 0.4) is 0 Å². The van der Waals surface area contributed by atoms with Crippen LogP contribution >= 0.6 is 31.9 Å². The van der Waals surface area contributed by atoms with Gasteiger partial charge in [-0.1, -0.05) is 61.7 Å². The fraction of sp³-hybridized carbons (Fsp3) is 0.600. The van der Waals surface area contributed by atoms with E-state index < -0.39 is 0 Å². The molecule has 1 saturated carbocycles. The average molecular weight is 376 g/mol. The first-order valence-corrected chi connectivity index (χ1v) is 8.71. The van der Waals surface area contributed by atoms with Crippen LogP contribution in [0.4, 0.5) is 0 Å².